The van der Waals surface area contributed by atoms with Crippen LogP contribution in [0.2, 0.25) is 0 Å². The molecule has 1 aromatic carbocycles. The Morgan fingerprint density at radius 2 is 1.69 bits per heavy atom. The summed E-state index contributed by atoms with van der Waals surface area (Å²) < 4.78 is 52.0. The highest BCUT2D eigenvalue weighted by molar-refractivity contribution is 7.66. The minimum atomic E-state index is -5.71. The molecule has 2 aromatic rings. The minimum absolute atomic E-state index is 0.0910. The lowest BCUT2D eigenvalue weighted by Gasteiger charge is -2.19. The number of aromatic nitrogens is 2. The number of aliphatic hydroxyl groups is 1. The van der Waals surface area contributed by atoms with E-state index in [1.165, 1.54) is 12.3 Å². The Bertz CT molecular complexity index is 1370. The normalized spacial score (nSPS) is 24.0. The maximum absolute atomic E-state index is 12.3. The van der Waals surface area contributed by atoms with Gasteiger partial charge in [-0.15, -0.1) is 0 Å². The fourth-order valence-corrected chi connectivity index (χ4v) is 6.12. The van der Waals surface area contributed by atoms with Crippen LogP contribution in [0, 0.1) is 0 Å². The van der Waals surface area contributed by atoms with E-state index in [-0.39, 0.29) is 12.0 Å². The van der Waals surface area contributed by atoms with Crippen molar-refractivity contribution in [1.82, 2.24) is 9.55 Å². The second-order valence-corrected chi connectivity index (χ2v) is 11.7. The molecule has 6 N–H and O–H groups in total. The number of benzene rings is 1. The van der Waals surface area contributed by atoms with E-state index in [2.05, 4.69) is 18.1 Å². The zero-order valence-electron chi connectivity index (χ0n) is 18.0. The molecule has 0 spiro atoms. The van der Waals surface area contributed by atoms with Crippen molar-refractivity contribution in [2.75, 3.05) is 6.61 Å². The first kappa shape index (κ1) is 28.5. The van der Waals surface area contributed by atoms with Crippen molar-refractivity contribution in [3.8, 4) is 0 Å². The molecule has 16 nitrogen and oxygen atoms in total. The number of phosphoric ester groups is 1. The summed E-state index contributed by atoms with van der Waals surface area (Å²) in [7, 11) is -16.7. The number of aliphatic hydroxyl groups excluding tert-OH is 1. The van der Waals surface area contributed by atoms with E-state index in [0.29, 0.717) is 0 Å². The lowest BCUT2D eigenvalue weighted by Crippen LogP contribution is -2.33. The summed E-state index contributed by atoms with van der Waals surface area (Å²) >= 11 is 0. The smallest absolute Gasteiger partial charge is 0.390 e. The van der Waals surface area contributed by atoms with Crippen molar-refractivity contribution in [3.63, 3.8) is 0 Å². The molecule has 1 aromatic heterocycles. The third-order valence-corrected chi connectivity index (χ3v) is 8.39. The molecular weight excluding hydrogens is 549 g/mol. The molecule has 0 amide bonds. The zero-order valence-corrected chi connectivity index (χ0v) is 20.6. The second-order valence-electron chi connectivity index (χ2n) is 7.31. The van der Waals surface area contributed by atoms with Gasteiger partial charge in [0.25, 0.3) is 5.56 Å². The number of hydrogen-bond donors (Lipinski definition) is 6. The van der Waals surface area contributed by atoms with E-state index >= 15 is 0 Å². The molecule has 1 aliphatic heterocycles. The summed E-state index contributed by atoms with van der Waals surface area (Å²) in [6.07, 6.45) is 0.243. The van der Waals surface area contributed by atoms with Gasteiger partial charge in [-0.2, -0.15) is 8.62 Å². The number of nitrogens with one attached hydrogen (secondary N) is 1. The first-order chi connectivity index (χ1) is 16.6. The van der Waals surface area contributed by atoms with Crippen molar-refractivity contribution in [2.24, 2.45) is 0 Å². The van der Waals surface area contributed by atoms with Gasteiger partial charge in [-0.3, -0.25) is 18.9 Å². The summed E-state index contributed by atoms with van der Waals surface area (Å²) in [5.41, 5.74) is -0.657. The Hall–Kier alpha value is -2.03. The predicted octanol–water partition coefficient (Wildman–Crippen LogP) is 0.699. The topological polar surface area (TPSA) is 244 Å². The Labute approximate surface area is 201 Å². The molecule has 19 heteroatoms. The van der Waals surface area contributed by atoms with Crippen molar-refractivity contribution >= 4 is 35.6 Å². The van der Waals surface area contributed by atoms with Crippen LogP contribution in [0.5, 0.6) is 0 Å². The first-order valence-corrected chi connectivity index (χ1v) is 14.4. The summed E-state index contributed by atoms with van der Waals surface area (Å²) in [5, 5.41) is 10.2. The fourth-order valence-electron chi connectivity index (χ4n) is 3.09. The Balaban J connectivity index is 1.69. The molecule has 36 heavy (non-hydrogen) atoms. The predicted molar refractivity (Wildman–Crippen MR) is 121 cm³/mol. The van der Waals surface area contributed by atoms with Crippen LogP contribution >= 0.6 is 23.5 Å². The summed E-state index contributed by atoms with van der Waals surface area (Å²) in [5.74, 6) is 0. The Morgan fingerprint density at radius 1 is 1.03 bits per heavy atom. The second kappa shape index (κ2) is 11.2. The van der Waals surface area contributed by atoms with Crippen LogP contribution < -0.4 is 11.2 Å². The van der Waals surface area contributed by atoms with Crippen molar-refractivity contribution < 1.29 is 56.3 Å². The number of aromatic amines is 1. The number of hydrogen-bond acceptors (Lipinski definition) is 10. The highest BCUT2D eigenvalue weighted by atomic mass is 31.3. The largest absolute Gasteiger partial charge is 0.490 e. The number of H-pyrrole nitrogens is 1. The van der Waals surface area contributed by atoms with Gasteiger partial charge in [0, 0.05) is 12.6 Å². The summed E-state index contributed by atoms with van der Waals surface area (Å²) in [6.45, 7) is -0.903. The van der Waals surface area contributed by atoms with Crippen molar-refractivity contribution in [3.05, 3.63) is 68.5 Å². The average Bonchev–Trinajstić information content (AvgIpc) is 3.10. The van der Waals surface area contributed by atoms with Gasteiger partial charge in [-0.1, -0.05) is 36.4 Å². The molecular formula is C17H21N2O14P3. The monoisotopic (exact) mass is 570 g/mol. The van der Waals surface area contributed by atoms with Gasteiger partial charge < -0.3 is 29.4 Å². The zero-order chi connectivity index (χ0) is 26.7. The molecule has 0 bridgehead atoms. The molecule has 1 fully saturated rings. The molecule has 5 atom stereocenters. The maximum Gasteiger partial charge on any atom is 0.490 e. The van der Waals surface area contributed by atoms with Crippen molar-refractivity contribution in [1.29, 1.82) is 0 Å². The molecule has 198 valence electrons. The first-order valence-electron chi connectivity index (χ1n) is 9.85. The van der Waals surface area contributed by atoms with E-state index in [9.17, 15) is 33.3 Å². The van der Waals surface area contributed by atoms with Crippen LogP contribution in [0.3, 0.4) is 0 Å². The SMILES string of the molecule is O=c1[nH]c(=O)n([C@H]2C[C@H](O)[C@@H](COP(=O)(O)OP(=O)(O)OP(=O)(O)O)O2)cc1/C=C/c1ccccc1. The molecule has 0 radical (unpaired) electrons. The Morgan fingerprint density at radius 3 is 2.33 bits per heavy atom. The highest BCUT2D eigenvalue weighted by Crippen LogP contribution is 2.66. The number of ether oxygens (including phenoxy) is 1. The third-order valence-electron chi connectivity index (χ3n) is 4.58. The van der Waals surface area contributed by atoms with Crippen LogP contribution in [0.4, 0.5) is 0 Å². The molecule has 2 unspecified atom stereocenters. The van der Waals surface area contributed by atoms with E-state index < -0.39 is 59.8 Å². The summed E-state index contributed by atoms with van der Waals surface area (Å²) in [4.78, 5) is 62.4. The van der Waals surface area contributed by atoms with Gasteiger partial charge in [-0.05, 0) is 11.6 Å². The maximum atomic E-state index is 12.3. The van der Waals surface area contributed by atoms with Crippen LogP contribution in [0.25, 0.3) is 12.2 Å². The van der Waals surface area contributed by atoms with Crippen LogP contribution in [-0.4, -0.2) is 53.0 Å². The average molecular weight is 570 g/mol. The van der Waals surface area contributed by atoms with Gasteiger partial charge in [-0.25, -0.2) is 18.5 Å². The summed E-state index contributed by atoms with van der Waals surface area (Å²) in [6, 6.07) is 8.98. The minimum Gasteiger partial charge on any atom is -0.390 e. The quantitative estimate of drug-likeness (QED) is 0.215. The van der Waals surface area contributed by atoms with Gasteiger partial charge in [0.05, 0.1) is 18.3 Å². The van der Waals surface area contributed by atoms with Gasteiger partial charge in [0.1, 0.15) is 12.3 Å². The molecule has 1 saturated heterocycles. The number of rotatable bonds is 10. The van der Waals surface area contributed by atoms with Gasteiger partial charge >= 0.3 is 29.2 Å². The van der Waals surface area contributed by atoms with E-state index in [4.69, 9.17) is 19.4 Å². The number of nitrogens with zero attached hydrogens (tertiary/aromatic N) is 1. The molecule has 0 saturated carbocycles. The van der Waals surface area contributed by atoms with E-state index in [0.717, 1.165) is 10.1 Å². The standard InChI is InChI=1S/C17H21N2O14P3/c20-13-8-15(31-14(13)10-30-35(26,27)33-36(28,29)32-34(23,24)25)19-9-12(16(21)18-17(19)22)7-6-11-4-2-1-3-5-11/h1-7,9,13-15,20H,8,10H2,(H,26,27)(H,28,29)(H,18,21,22)(H2,23,24,25)/b7-6+/t13-,14+,15+/m0/s1. The van der Waals surface area contributed by atoms with Gasteiger partial charge in [0.15, 0.2) is 0 Å². The van der Waals surface area contributed by atoms with Crippen LogP contribution in [0.1, 0.15) is 23.8 Å². The third kappa shape index (κ3) is 8.25. The molecule has 3 rings (SSSR count). The molecule has 1 aliphatic rings. The Kier molecular flexibility index (Phi) is 8.84. The molecule has 0 aliphatic carbocycles. The van der Waals surface area contributed by atoms with Crippen LogP contribution in [-0.2, 0) is 31.6 Å². The lowest BCUT2D eigenvalue weighted by molar-refractivity contribution is -0.0450. The lowest BCUT2D eigenvalue weighted by atomic mass is 10.2. The fraction of sp³-hybridized carbons (Fsp3) is 0.294. The highest BCUT2D eigenvalue weighted by Gasteiger charge is 2.43. The number of phosphoric acid groups is 3. The van der Waals surface area contributed by atoms with E-state index in [1.807, 2.05) is 6.07 Å². The molecule has 2 heterocycles. The van der Waals surface area contributed by atoms with Crippen molar-refractivity contribution in [2.45, 2.75) is 24.9 Å². The van der Waals surface area contributed by atoms with Crippen LogP contribution in [0.15, 0.2) is 46.1 Å². The van der Waals surface area contributed by atoms with Gasteiger partial charge in [0.2, 0.25) is 0 Å². The van der Waals surface area contributed by atoms with E-state index in [1.54, 1.807) is 30.3 Å².